The summed E-state index contributed by atoms with van der Waals surface area (Å²) < 4.78 is 0. The van der Waals surface area contributed by atoms with Crippen molar-refractivity contribution in [3.05, 3.63) is 0 Å². The highest BCUT2D eigenvalue weighted by Gasteiger charge is 2.13. The first-order valence-corrected chi connectivity index (χ1v) is 7.24. The molecular formula is C14H29N2O+. The lowest BCUT2D eigenvalue weighted by Gasteiger charge is -2.21. The van der Waals surface area contributed by atoms with Crippen LogP contribution in [0.4, 0.5) is 0 Å². The molecule has 100 valence electrons. The van der Waals surface area contributed by atoms with Gasteiger partial charge < -0.3 is 10.2 Å². The van der Waals surface area contributed by atoms with E-state index in [9.17, 15) is 4.79 Å². The molecule has 1 fully saturated rings. The van der Waals surface area contributed by atoms with E-state index in [4.69, 9.17) is 0 Å². The summed E-state index contributed by atoms with van der Waals surface area (Å²) in [5.74, 6) is 1.14. The van der Waals surface area contributed by atoms with Gasteiger partial charge in [-0.2, -0.15) is 0 Å². The second kappa shape index (κ2) is 8.51. The molecule has 0 spiro atoms. The predicted octanol–water partition coefficient (Wildman–Crippen LogP) is 0.998. The summed E-state index contributed by atoms with van der Waals surface area (Å²) in [7, 11) is 4.21. The molecule has 2 N–H and O–H groups in total. The van der Waals surface area contributed by atoms with Crippen LogP contribution in [0, 0.1) is 5.92 Å². The summed E-state index contributed by atoms with van der Waals surface area (Å²) in [6.07, 6.45) is 10.1. The maximum atomic E-state index is 11.5. The van der Waals surface area contributed by atoms with Crippen molar-refractivity contribution in [2.24, 2.45) is 5.92 Å². The zero-order chi connectivity index (χ0) is 12.5. The third-order valence-corrected chi connectivity index (χ3v) is 3.69. The van der Waals surface area contributed by atoms with Crippen LogP contribution in [-0.2, 0) is 4.79 Å². The van der Waals surface area contributed by atoms with Crippen LogP contribution in [0.1, 0.15) is 51.4 Å². The number of nitrogens with one attached hydrogen (secondary N) is 2. The zero-order valence-electron chi connectivity index (χ0n) is 11.6. The first-order chi connectivity index (χ1) is 8.18. The minimum atomic E-state index is 0.238. The fourth-order valence-corrected chi connectivity index (χ4v) is 2.57. The molecule has 17 heavy (non-hydrogen) atoms. The van der Waals surface area contributed by atoms with Crippen molar-refractivity contribution in [2.45, 2.75) is 51.4 Å². The van der Waals surface area contributed by atoms with E-state index in [1.807, 2.05) is 0 Å². The summed E-state index contributed by atoms with van der Waals surface area (Å²) >= 11 is 0. The summed E-state index contributed by atoms with van der Waals surface area (Å²) in [5.41, 5.74) is 0. The van der Waals surface area contributed by atoms with Gasteiger partial charge in [0.15, 0.2) is 0 Å². The number of likely N-dealkylation sites (N-methyl/N-ethyl adjacent to an activating group) is 1. The second-order valence-electron chi connectivity index (χ2n) is 5.70. The third-order valence-electron chi connectivity index (χ3n) is 3.69. The molecule has 1 aliphatic rings. The van der Waals surface area contributed by atoms with Crippen LogP contribution in [0.5, 0.6) is 0 Å². The number of quaternary nitrogens is 1. The van der Waals surface area contributed by atoms with Crippen molar-refractivity contribution in [1.29, 1.82) is 0 Å². The summed E-state index contributed by atoms with van der Waals surface area (Å²) in [6, 6.07) is 0. The van der Waals surface area contributed by atoms with Gasteiger partial charge >= 0.3 is 0 Å². The predicted molar refractivity (Wildman–Crippen MR) is 71.1 cm³/mol. The summed E-state index contributed by atoms with van der Waals surface area (Å²) in [6.45, 7) is 1.82. The average molecular weight is 241 g/mol. The van der Waals surface area contributed by atoms with E-state index >= 15 is 0 Å². The normalized spacial score (nSPS) is 17.4. The largest absolute Gasteiger partial charge is 0.350 e. The van der Waals surface area contributed by atoms with Crippen molar-refractivity contribution >= 4 is 5.91 Å². The summed E-state index contributed by atoms with van der Waals surface area (Å²) in [5, 5.41) is 2.99. The highest BCUT2D eigenvalue weighted by atomic mass is 16.1. The molecule has 1 amide bonds. The number of hydrogen-bond donors (Lipinski definition) is 2. The van der Waals surface area contributed by atoms with E-state index in [1.165, 1.54) is 43.4 Å². The minimum absolute atomic E-state index is 0.238. The molecule has 0 bridgehead atoms. The minimum Gasteiger partial charge on any atom is -0.350 e. The van der Waals surface area contributed by atoms with Gasteiger partial charge in [0.25, 0.3) is 0 Å². The smallest absolute Gasteiger partial charge is 0.220 e. The van der Waals surface area contributed by atoms with Crippen LogP contribution in [0.15, 0.2) is 0 Å². The van der Waals surface area contributed by atoms with Crippen molar-refractivity contribution in [1.82, 2.24) is 5.32 Å². The Balaban J connectivity index is 1.95. The zero-order valence-corrected chi connectivity index (χ0v) is 11.6. The molecule has 3 nitrogen and oxygen atoms in total. The maximum absolute atomic E-state index is 11.5. The van der Waals surface area contributed by atoms with Gasteiger partial charge in [-0.05, 0) is 18.8 Å². The van der Waals surface area contributed by atoms with E-state index in [1.54, 1.807) is 0 Å². The van der Waals surface area contributed by atoms with Gasteiger partial charge in [0.2, 0.25) is 5.91 Å². The Morgan fingerprint density at radius 2 is 1.94 bits per heavy atom. The number of hydrogen-bond acceptors (Lipinski definition) is 1. The Kier molecular flexibility index (Phi) is 7.25. The van der Waals surface area contributed by atoms with E-state index in [0.29, 0.717) is 0 Å². The van der Waals surface area contributed by atoms with Gasteiger partial charge in [-0.3, -0.25) is 4.79 Å². The number of carbonyl (C=O) groups excluding carboxylic acids is 1. The van der Waals surface area contributed by atoms with Gasteiger partial charge in [0.1, 0.15) is 0 Å². The molecule has 0 aromatic carbocycles. The molecule has 0 heterocycles. The third kappa shape index (κ3) is 7.37. The van der Waals surface area contributed by atoms with Gasteiger partial charge in [-0.1, -0.05) is 32.1 Å². The van der Waals surface area contributed by atoms with Gasteiger partial charge in [0, 0.05) is 6.42 Å². The van der Waals surface area contributed by atoms with Crippen molar-refractivity contribution in [3.63, 3.8) is 0 Å². The molecule has 0 aliphatic heterocycles. The highest BCUT2D eigenvalue weighted by molar-refractivity contribution is 5.75. The lowest BCUT2D eigenvalue weighted by molar-refractivity contribution is -0.856. The molecule has 1 saturated carbocycles. The fraction of sp³-hybridized carbons (Fsp3) is 0.929. The Hall–Kier alpha value is -0.570. The molecule has 0 saturated heterocycles. The van der Waals surface area contributed by atoms with Crippen molar-refractivity contribution < 1.29 is 9.69 Å². The second-order valence-corrected chi connectivity index (χ2v) is 5.70. The van der Waals surface area contributed by atoms with E-state index < -0.39 is 0 Å². The number of rotatable bonds is 7. The Morgan fingerprint density at radius 3 is 2.59 bits per heavy atom. The van der Waals surface area contributed by atoms with E-state index in [2.05, 4.69) is 19.4 Å². The molecule has 0 aromatic rings. The van der Waals surface area contributed by atoms with Crippen LogP contribution in [-0.4, -0.2) is 33.1 Å². The molecule has 1 rings (SSSR count). The Labute approximate surface area is 106 Å². The lowest BCUT2D eigenvalue weighted by atomic mass is 9.86. The van der Waals surface area contributed by atoms with Gasteiger partial charge in [-0.15, -0.1) is 0 Å². The van der Waals surface area contributed by atoms with Crippen LogP contribution in [0.25, 0.3) is 0 Å². The quantitative estimate of drug-likeness (QED) is 0.685. The van der Waals surface area contributed by atoms with Gasteiger partial charge in [-0.25, -0.2) is 0 Å². The Bertz CT molecular complexity index is 210. The first kappa shape index (κ1) is 14.5. The molecule has 0 unspecified atom stereocenters. The first-order valence-electron chi connectivity index (χ1n) is 7.24. The number of amides is 1. The van der Waals surface area contributed by atoms with E-state index in [-0.39, 0.29) is 5.91 Å². The topological polar surface area (TPSA) is 33.5 Å². The number of carbonyl (C=O) groups is 1. The van der Waals surface area contributed by atoms with Crippen LogP contribution in [0.2, 0.25) is 0 Å². The average Bonchev–Trinajstić information content (AvgIpc) is 2.30. The van der Waals surface area contributed by atoms with Crippen LogP contribution >= 0.6 is 0 Å². The monoisotopic (exact) mass is 241 g/mol. The maximum Gasteiger partial charge on any atom is 0.220 e. The fourth-order valence-electron chi connectivity index (χ4n) is 2.57. The van der Waals surface area contributed by atoms with Gasteiger partial charge in [0.05, 0.1) is 27.2 Å². The van der Waals surface area contributed by atoms with Crippen molar-refractivity contribution in [2.75, 3.05) is 27.2 Å². The standard InChI is InChI=1S/C14H28N2O/c1-16(2)12-11-15-14(17)10-6-9-13-7-4-3-5-8-13/h13H,3-12H2,1-2H3,(H,15,17)/p+1. The molecule has 0 aromatic heterocycles. The molecule has 0 radical (unpaired) electrons. The Morgan fingerprint density at radius 1 is 1.24 bits per heavy atom. The molecule has 0 atom stereocenters. The van der Waals surface area contributed by atoms with Crippen LogP contribution < -0.4 is 10.2 Å². The molecular weight excluding hydrogens is 212 g/mol. The molecule has 3 heteroatoms. The molecule has 1 aliphatic carbocycles. The van der Waals surface area contributed by atoms with Crippen LogP contribution in [0.3, 0.4) is 0 Å². The summed E-state index contributed by atoms with van der Waals surface area (Å²) in [4.78, 5) is 12.9. The lowest BCUT2D eigenvalue weighted by Crippen LogP contribution is -3.06. The van der Waals surface area contributed by atoms with E-state index in [0.717, 1.165) is 31.8 Å². The van der Waals surface area contributed by atoms with Crippen molar-refractivity contribution in [3.8, 4) is 0 Å². The SMILES string of the molecule is C[NH+](C)CCNC(=O)CCCC1CCCCC1. The highest BCUT2D eigenvalue weighted by Crippen LogP contribution is 2.27.